The Morgan fingerprint density at radius 2 is 1.56 bits per heavy atom. The van der Waals surface area contributed by atoms with Crippen LogP contribution in [-0.2, 0) is 0 Å². The van der Waals surface area contributed by atoms with Crippen molar-refractivity contribution in [2.45, 2.75) is 39.8 Å². The van der Waals surface area contributed by atoms with Gasteiger partial charge in [0, 0.05) is 18.2 Å². The first-order valence-electron chi connectivity index (χ1n) is 6.35. The highest BCUT2D eigenvalue weighted by molar-refractivity contribution is 6.34. The minimum atomic E-state index is 0.625. The molecule has 0 saturated heterocycles. The molecule has 0 spiro atoms. The van der Waals surface area contributed by atoms with Crippen LogP contribution in [0.2, 0.25) is 0 Å². The summed E-state index contributed by atoms with van der Waals surface area (Å²) in [6.07, 6.45) is 0. The van der Waals surface area contributed by atoms with Crippen molar-refractivity contribution >= 4 is 13.3 Å². The third-order valence-corrected chi connectivity index (χ3v) is 2.28. The van der Waals surface area contributed by atoms with E-state index in [0.29, 0.717) is 12.1 Å². The van der Waals surface area contributed by atoms with Gasteiger partial charge >= 0.3 is 0 Å². The summed E-state index contributed by atoms with van der Waals surface area (Å²) in [5.74, 6) is 1.69. The van der Waals surface area contributed by atoms with E-state index in [1.807, 2.05) is 26.0 Å². The third-order valence-electron chi connectivity index (χ3n) is 2.28. The lowest BCUT2D eigenvalue weighted by atomic mass is 9.95. The summed E-state index contributed by atoms with van der Waals surface area (Å²) >= 11 is 0. The zero-order valence-corrected chi connectivity index (χ0v) is 12.7. The monoisotopic (exact) mass is 251 g/mol. The SMILES string of the molecule is Bc1ccc(OC)cc1OC.CC(C)NC(C)C. The average molecular weight is 251 g/mol. The molecule has 4 heteroatoms. The standard InChI is InChI=1S/C8H11BO2.C6H15N/c1-10-6-3-4-7(9)8(5-6)11-2;1-5(2)7-6(3)4/h3-5H,9H2,1-2H3;5-7H,1-4H3. The largest absolute Gasteiger partial charge is 0.497 e. The highest BCUT2D eigenvalue weighted by atomic mass is 16.5. The van der Waals surface area contributed by atoms with E-state index in [4.69, 9.17) is 9.47 Å². The van der Waals surface area contributed by atoms with Gasteiger partial charge in [-0.2, -0.15) is 0 Å². The topological polar surface area (TPSA) is 30.5 Å². The zero-order valence-electron chi connectivity index (χ0n) is 12.7. The minimum Gasteiger partial charge on any atom is -0.497 e. The molecule has 0 aromatic heterocycles. The van der Waals surface area contributed by atoms with Crippen molar-refractivity contribution in [1.29, 1.82) is 0 Å². The lowest BCUT2D eigenvalue weighted by molar-refractivity contribution is 0.396. The fraction of sp³-hybridized carbons (Fsp3) is 0.571. The van der Waals surface area contributed by atoms with Crippen LogP contribution in [0.3, 0.4) is 0 Å². The molecule has 0 aliphatic carbocycles. The Morgan fingerprint density at radius 1 is 1.00 bits per heavy atom. The summed E-state index contributed by atoms with van der Waals surface area (Å²) in [6.45, 7) is 8.61. The molecule has 1 aromatic rings. The molecule has 0 aliphatic rings. The molecule has 0 bridgehead atoms. The normalized spacial score (nSPS) is 10.0. The number of ether oxygens (including phenoxy) is 2. The summed E-state index contributed by atoms with van der Waals surface area (Å²) in [6, 6.07) is 7.00. The number of methoxy groups -OCH3 is 2. The van der Waals surface area contributed by atoms with E-state index in [0.717, 1.165) is 17.0 Å². The van der Waals surface area contributed by atoms with Gasteiger partial charge in [-0.3, -0.25) is 0 Å². The highest BCUT2D eigenvalue weighted by Gasteiger charge is 1.98. The molecule has 0 atom stereocenters. The van der Waals surface area contributed by atoms with Crippen LogP contribution in [0.15, 0.2) is 18.2 Å². The maximum absolute atomic E-state index is 5.11. The van der Waals surface area contributed by atoms with E-state index in [1.165, 1.54) is 0 Å². The van der Waals surface area contributed by atoms with Crippen LogP contribution in [0.25, 0.3) is 0 Å². The summed E-state index contributed by atoms with van der Waals surface area (Å²) in [5, 5.41) is 3.31. The number of hydrogen-bond donors (Lipinski definition) is 1. The fourth-order valence-electron chi connectivity index (χ4n) is 1.59. The van der Waals surface area contributed by atoms with Gasteiger partial charge in [0.15, 0.2) is 0 Å². The van der Waals surface area contributed by atoms with Gasteiger partial charge < -0.3 is 14.8 Å². The minimum absolute atomic E-state index is 0.625. The van der Waals surface area contributed by atoms with Gasteiger partial charge in [-0.25, -0.2) is 0 Å². The van der Waals surface area contributed by atoms with Crippen molar-refractivity contribution in [2.75, 3.05) is 14.2 Å². The van der Waals surface area contributed by atoms with Crippen molar-refractivity contribution in [3.8, 4) is 11.5 Å². The predicted octanol–water partition coefficient (Wildman–Crippen LogP) is 1.35. The number of hydrogen-bond acceptors (Lipinski definition) is 3. The Balaban J connectivity index is 0.000000360. The molecule has 0 unspecified atom stereocenters. The average Bonchev–Trinajstić information content (AvgIpc) is 2.28. The van der Waals surface area contributed by atoms with Crippen LogP contribution >= 0.6 is 0 Å². The molecular formula is C14H26BNO2. The second-order valence-electron chi connectivity index (χ2n) is 4.81. The first kappa shape index (κ1) is 16.8. The molecule has 0 radical (unpaired) electrons. The van der Waals surface area contributed by atoms with Crippen molar-refractivity contribution in [2.24, 2.45) is 0 Å². The molecule has 1 aromatic carbocycles. The molecule has 3 nitrogen and oxygen atoms in total. The molecule has 18 heavy (non-hydrogen) atoms. The summed E-state index contributed by atoms with van der Waals surface area (Å²) < 4.78 is 10.1. The smallest absolute Gasteiger partial charge is 0.144 e. The van der Waals surface area contributed by atoms with Crippen LogP contribution in [0, 0.1) is 0 Å². The first-order valence-corrected chi connectivity index (χ1v) is 6.35. The Bertz CT molecular complexity index is 335. The van der Waals surface area contributed by atoms with E-state index >= 15 is 0 Å². The van der Waals surface area contributed by atoms with E-state index in [1.54, 1.807) is 14.2 Å². The maximum atomic E-state index is 5.11. The molecule has 1 rings (SSSR count). The molecule has 0 fully saturated rings. The Hall–Kier alpha value is -1.16. The van der Waals surface area contributed by atoms with Gasteiger partial charge in [0.05, 0.1) is 14.2 Å². The van der Waals surface area contributed by atoms with Gasteiger partial charge in [0.1, 0.15) is 19.3 Å². The van der Waals surface area contributed by atoms with Gasteiger partial charge in [-0.1, -0.05) is 33.8 Å². The second kappa shape index (κ2) is 8.87. The van der Waals surface area contributed by atoms with Gasteiger partial charge in [-0.05, 0) is 11.5 Å². The van der Waals surface area contributed by atoms with Crippen molar-refractivity contribution < 1.29 is 9.47 Å². The predicted molar refractivity (Wildman–Crippen MR) is 81.1 cm³/mol. The quantitative estimate of drug-likeness (QED) is 0.819. The maximum Gasteiger partial charge on any atom is 0.144 e. The molecular weight excluding hydrogens is 225 g/mol. The fourth-order valence-corrected chi connectivity index (χ4v) is 1.59. The number of benzene rings is 1. The van der Waals surface area contributed by atoms with E-state index in [9.17, 15) is 0 Å². The highest BCUT2D eigenvalue weighted by Crippen LogP contribution is 2.15. The van der Waals surface area contributed by atoms with Crippen LogP contribution in [0.5, 0.6) is 11.5 Å². The molecule has 0 heterocycles. The van der Waals surface area contributed by atoms with Gasteiger partial charge in [0.2, 0.25) is 0 Å². The van der Waals surface area contributed by atoms with Crippen LogP contribution in [-0.4, -0.2) is 34.1 Å². The number of nitrogens with one attached hydrogen (secondary N) is 1. The van der Waals surface area contributed by atoms with Crippen molar-refractivity contribution in [3.63, 3.8) is 0 Å². The van der Waals surface area contributed by atoms with Crippen molar-refractivity contribution in [1.82, 2.24) is 5.32 Å². The summed E-state index contributed by atoms with van der Waals surface area (Å²) in [7, 11) is 5.30. The van der Waals surface area contributed by atoms with E-state index in [-0.39, 0.29) is 0 Å². The van der Waals surface area contributed by atoms with Crippen LogP contribution in [0.1, 0.15) is 27.7 Å². The lowest BCUT2D eigenvalue weighted by Gasteiger charge is -2.10. The first-order chi connectivity index (χ1) is 8.40. The van der Waals surface area contributed by atoms with E-state index < -0.39 is 0 Å². The molecule has 0 aliphatic heterocycles. The summed E-state index contributed by atoms with van der Waals surface area (Å²) in [5.41, 5.74) is 1.12. The van der Waals surface area contributed by atoms with E-state index in [2.05, 4.69) is 33.0 Å². The van der Waals surface area contributed by atoms with Crippen molar-refractivity contribution in [3.05, 3.63) is 18.2 Å². The Labute approximate surface area is 112 Å². The molecule has 1 N–H and O–H groups in total. The third kappa shape index (κ3) is 7.23. The second-order valence-corrected chi connectivity index (χ2v) is 4.81. The Morgan fingerprint density at radius 3 is 1.89 bits per heavy atom. The molecule has 0 amide bonds. The van der Waals surface area contributed by atoms with Gasteiger partial charge in [-0.15, -0.1) is 0 Å². The molecule has 102 valence electrons. The molecule has 0 saturated carbocycles. The van der Waals surface area contributed by atoms with Crippen LogP contribution in [0.4, 0.5) is 0 Å². The summed E-state index contributed by atoms with van der Waals surface area (Å²) in [4.78, 5) is 0. The zero-order chi connectivity index (χ0) is 14.1. The van der Waals surface area contributed by atoms with Gasteiger partial charge in [0.25, 0.3) is 0 Å². The number of rotatable bonds is 4. The lowest BCUT2D eigenvalue weighted by Crippen LogP contribution is -2.29. The Kier molecular flexibility index (Phi) is 8.30. The van der Waals surface area contributed by atoms with Crippen LogP contribution < -0.4 is 20.3 Å².